The Morgan fingerprint density at radius 1 is 1.18 bits per heavy atom. The summed E-state index contributed by atoms with van der Waals surface area (Å²) in [4.78, 5) is 0. The van der Waals surface area contributed by atoms with Gasteiger partial charge in [0.05, 0.1) is 12.7 Å². The molecular weight excluding hydrogens is 218 g/mol. The number of aliphatic hydroxyl groups excluding tert-OH is 1. The molecule has 0 aliphatic heterocycles. The molecule has 104 valence electrons. The van der Waals surface area contributed by atoms with Gasteiger partial charge in [-0.05, 0) is 18.3 Å². The van der Waals surface area contributed by atoms with Crippen molar-refractivity contribution in [3.05, 3.63) is 0 Å². The number of hydrogen-bond donors (Lipinski definition) is 2. The summed E-state index contributed by atoms with van der Waals surface area (Å²) in [5.74, 6) is 0. The van der Waals surface area contributed by atoms with Crippen molar-refractivity contribution in [2.45, 2.75) is 39.7 Å². The minimum absolute atomic E-state index is 0.178. The second kappa shape index (κ2) is 9.83. The molecule has 4 nitrogen and oxygen atoms in total. The fourth-order valence-electron chi connectivity index (χ4n) is 1.60. The van der Waals surface area contributed by atoms with E-state index in [1.807, 2.05) is 0 Å². The predicted octanol–water partition coefficient (Wildman–Crippen LogP) is 1.43. The van der Waals surface area contributed by atoms with Gasteiger partial charge in [-0.25, -0.2) is 0 Å². The first-order valence-corrected chi connectivity index (χ1v) is 6.41. The number of ether oxygens (including phenoxy) is 2. The van der Waals surface area contributed by atoms with Gasteiger partial charge in [0.2, 0.25) is 0 Å². The molecule has 0 heterocycles. The molecule has 0 saturated carbocycles. The Labute approximate surface area is 106 Å². The van der Waals surface area contributed by atoms with Gasteiger partial charge in [0.25, 0.3) is 0 Å². The van der Waals surface area contributed by atoms with Crippen LogP contribution in [0.1, 0.15) is 33.6 Å². The Bertz CT molecular complexity index is 169. The molecule has 1 unspecified atom stereocenters. The molecule has 17 heavy (non-hydrogen) atoms. The van der Waals surface area contributed by atoms with E-state index >= 15 is 0 Å². The van der Waals surface area contributed by atoms with Crippen molar-refractivity contribution in [2.24, 2.45) is 5.41 Å². The predicted molar refractivity (Wildman–Crippen MR) is 70.3 cm³/mol. The van der Waals surface area contributed by atoms with E-state index in [9.17, 15) is 5.11 Å². The fourth-order valence-corrected chi connectivity index (χ4v) is 1.60. The molecule has 0 aliphatic carbocycles. The van der Waals surface area contributed by atoms with Crippen molar-refractivity contribution in [3.8, 4) is 0 Å². The first-order chi connectivity index (χ1) is 7.95. The van der Waals surface area contributed by atoms with Gasteiger partial charge >= 0.3 is 0 Å². The number of nitrogens with one attached hydrogen (secondary N) is 1. The summed E-state index contributed by atoms with van der Waals surface area (Å²) < 4.78 is 10.3. The first-order valence-electron chi connectivity index (χ1n) is 6.41. The molecular formula is C13H29NO3. The maximum Gasteiger partial charge on any atom is 0.0669 e. The van der Waals surface area contributed by atoms with Crippen molar-refractivity contribution in [1.29, 1.82) is 0 Å². The molecule has 1 atom stereocenters. The zero-order chi connectivity index (χ0) is 13.1. The molecule has 0 radical (unpaired) electrons. The molecule has 0 aliphatic rings. The van der Waals surface area contributed by atoms with Crippen LogP contribution in [0.5, 0.6) is 0 Å². The van der Waals surface area contributed by atoms with Crippen LogP contribution < -0.4 is 5.32 Å². The third kappa shape index (κ3) is 13.8. The average molecular weight is 247 g/mol. The summed E-state index contributed by atoms with van der Waals surface area (Å²) in [5, 5.41) is 12.9. The van der Waals surface area contributed by atoms with E-state index in [1.54, 1.807) is 7.11 Å². The van der Waals surface area contributed by atoms with E-state index in [0.717, 1.165) is 32.6 Å². The molecule has 0 aromatic heterocycles. The van der Waals surface area contributed by atoms with Crippen LogP contribution in [0, 0.1) is 5.41 Å². The fraction of sp³-hybridized carbons (Fsp3) is 1.00. The standard InChI is InChI=1S/C13H29NO3/c1-13(2,3)10-12(15)11-14-6-9-17-8-5-7-16-4/h12,14-15H,5-11H2,1-4H3. The van der Waals surface area contributed by atoms with Crippen LogP contribution >= 0.6 is 0 Å². The number of aliphatic hydroxyl groups is 1. The summed E-state index contributed by atoms with van der Waals surface area (Å²) >= 11 is 0. The van der Waals surface area contributed by atoms with Gasteiger partial charge in [-0.1, -0.05) is 20.8 Å². The highest BCUT2D eigenvalue weighted by Crippen LogP contribution is 2.20. The normalized spacial score (nSPS) is 13.9. The lowest BCUT2D eigenvalue weighted by Crippen LogP contribution is -2.32. The smallest absolute Gasteiger partial charge is 0.0669 e. The molecule has 0 spiro atoms. The quantitative estimate of drug-likeness (QED) is 0.573. The summed E-state index contributed by atoms with van der Waals surface area (Å²) in [6.07, 6.45) is 1.47. The van der Waals surface area contributed by atoms with E-state index in [2.05, 4.69) is 26.1 Å². The lowest BCUT2D eigenvalue weighted by atomic mass is 9.89. The number of hydrogen-bond acceptors (Lipinski definition) is 4. The molecule has 0 fully saturated rings. The third-order valence-electron chi connectivity index (χ3n) is 2.29. The maximum atomic E-state index is 9.74. The van der Waals surface area contributed by atoms with E-state index < -0.39 is 0 Å². The molecule has 0 rings (SSSR count). The van der Waals surface area contributed by atoms with Gasteiger partial charge in [0.15, 0.2) is 0 Å². The minimum atomic E-state index is -0.275. The topological polar surface area (TPSA) is 50.7 Å². The Hall–Kier alpha value is -0.160. The zero-order valence-electron chi connectivity index (χ0n) is 11.8. The van der Waals surface area contributed by atoms with Gasteiger partial charge < -0.3 is 19.9 Å². The Balaban J connectivity index is 3.22. The molecule has 0 saturated heterocycles. The summed E-state index contributed by atoms with van der Waals surface area (Å²) in [5.41, 5.74) is 0.178. The largest absolute Gasteiger partial charge is 0.392 e. The van der Waals surface area contributed by atoms with Crippen LogP contribution in [-0.2, 0) is 9.47 Å². The second-order valence-corrected chi connectivity index (χ2v) is 5.58. The van der Waals surface area contributed by atoms with E-state index in [4.69, 9.17) is 9.47 Å². The summed E-state index contributed by atoms with van der Waals surface area (Å²) in [7, 11) is 1.69. The van der Waals surface area contributed by atoms with E-state index in [1.165, 1.54) is 0 Å². The molecule has 0 aromatic rings. The van der Waals surface area contributed by atoms with Crippen LogP contribution in [-0.4, -0.2) is 51.2 Å². The van der Waals surface area contributed by atoms with Crippen molar-refractivity contribution in [1.82, 2.24) is 5.32 Å². The van der Waals surface area contributed by atoms with Crippen LogP contribution in [0.3, 0.4) is 0 Å². The van der Waals surface area contributed by atoms with Crippen molar-refractivity contribution in [2.75, 3.05) is 40.0 Å². The Morgan fingerprint density at radius 3 is 2.47 bits per heavy atom. The van der Waals surface area contributed by atoms with Crippen LogP contribution in [0.4, 0.5) is 0 Å². The van der Waals surface area contributed by atoms with Crippen molar-refractivity contribution >= 4 is 0 Å². The van der Waals surface area contributed by atoms with Gasteiger partial charge in [0, 0.05) is 33.4 Å². The van der Waals surface area contributed by atoms with E-state index in [0.29, 0.717) is 13.2 Å². The SMILES string of the molecule is COCCCOCCNCC(O)CC(C)(C)C. The van der Waals surface area contributed by atoms with Crippen LogP contribution in [0.25, 0.3) is 0 Å². The molecule has 0 aromatic carbocycles. The Kier molecular flexibility index (Phi) is 9.74. The van der Waals surface area contributed by atoms with E-state index in [-0.39, 0.29) is 11.5 Å². The lowest BCUT2D eigenvalue weighted by Gasteiger charge is -2.22. The third-order valence-corrected chi connectivity index (χ3v) is 2.29. The van der Waals surface area contributed by atoms with Gasteiger partial charge in [-0.15, -0.1) is 0 Å². The molecule has 0 amide bonds. The van der Waals surface area contributed by atoms with Gasteiger partial charge in [0.1, 0.15) is 0 Å². The van der Waals surface area contributed by atoms with Crippen LogP contribution in [0.15, 0.2) is 0 Å². The summed E-state index contributed by atoms with van der Waals surface area (Å²) in [6, 6.07) is 0. The van der Waals surface area contributed by atoms with Crippen molar-refractivity contribution < 1.29 is 14.6 Å². The molecule has 4 heteroatoms. The second-order valence-electron chi connectivity index (χ2n) is 5.58. The number of rotatable bonds is 10. The molecule has 0 bridgehead atoms. The van der Waals surface area contributed by atoms with Gasteiger partial charge in [-0.3, -0.25) is 0 Å². The van der Waals surface area contributed by atoms with Gasteiger partial charge in [-0.2, -0.15) is 0 Å². The zero-order valence-corrected chi connectivity index (χ0v) is 11.8. The van der Waals surface area contributed by atoms with Crippen molar-refractivity contribution in [3.63, 3.8) is 0 Å². The molecule has 2 N–H and O–H groups in total. The first kappa shape index (κ1) is 16.8. The lowest BCUT2D eigenvalue weighted by molar-refractivity contribution is 0.0954. The highest BCUT2D eigenvalue weighted by atomic mass is 16.5. The highest BCUT2D eigenvalue weighted by molar-refractivity contribution is 4.69. The Morgan fingerprint density at radius 2 is 1.88 bits per heavy atom. The van der Waals surface area contributed by atoms with Crippen LogP contribution in [0.2, 0.25) is 0 Å². The monoisotopic (exact) mass is 247 g/mol. The maximum absolute atomic E-state index is 9.74. The summed E-state index contributed by atoms with van der Waals surface area (Å²) in [6.45, 7) is 10.00. The average Bonchev–Trinajstić information content (AvgIpc) is 2.19. The minimum Gasteiger partial charge on any atom is -0.392 e. The highest BCUT2D eigenvalue weighted by Gasteiger charge is 2.15. The number of methoxy groups -OCH3 is 1.